The third kappa shape index (κ3) is 6.07. The first-order valence-electron chi connectivity index (χ1n) is 8.26. The van der Waals surface area contributed by atoms with Gasteiger partial charge in [-0.1, -0.05) is 13.3 Å². The number of anilines is 1. The summed E-state index contributed by atoms with van der Waals surface area (Å²) in [5.74, 6) is -0.0419. The molecule has 1 aromatic rings. The predicted molar refractivity (Wildman–Crippen MR) is 92.9 cm³/mol. The lowest BCUT2D eigenvalue weighted by Gasteiger charge is -2.21. The van der Waals surface area contributed by atoms with Crippen molar-refractivity contribution < 1.29 is 14.3 Å². The highest BCUT2D eigenvalue weighted by Crippen LogP contribution is 2.23. The van der Waals surface area contributed by atoms with Crippen molar-refractivity contribution in [2.75, 3.05) is 18.5 Å². The first-order valence-corrected chi connectivity index (χ1v) is 8.26. The Morgan fingerprint density at radius 1 is 1.46 bits per heavy atom. The van der Waals surface area contributed by atoms with Gasteiger partial charge in [0.1, 0.15) is 24.3 Å². The maximum absolute atomic E-state index is 11.9. The van der Waals surface area contributed by atoms with Crippen LogP contribution in [-0.2, 0) is 9.53 Å². The van der Waals surface area contributed by atoms with Crippen molar-refractivity contribution in [3.05, 3.63) is 17.8 Å². The van der Waals surface area contributed by atoms with Crippen molar-refractivity contribution in [1.29, 1.82) is 5.26 Å². The van der Waals surface area contributed by atoms with Gasteiger partial charge in [0.2, 0.25) is 5.88 Å². The molecular weight excluding hydrogens is 306 g/mol. The van der Waals surface area contributed by atoms with Gasteiger partial charge in [-0.2, -0.15) is 5.26 Å². The first-order chi connectivity index (χ1) is 11.3. The molecule has 0 bridgehead atoms. The molecule has 0 aliphatic carbocycles. The SMILES string of the molecule is CCCCNc1ccnc(OCC(C)OC(=O)C(C)(C)C)c1C#N. The van der Waals surface area contributed by atoms with Crippen LogP contribution in [0.1, 0.15) is 53.0 Å². The second-order valence-corrected chi connectivity index (χ2v) is 6.71. The standard InChI is InChI=1S/C18H27N3O3/c1-6-7-9-20-15-8-10-21-16(14(15)11-19)23-12-13(2)24-17(22)18(3,4)5/h8,10,13H,6-7,9,12H2,1-5H3,(H,20,21). The van der Waals surface area contributed by atoms with Gasteiger partial charge in [-0.25, -0.2) is 4.98 Å². The van der Waals surface area contributed by atoms with Crippen LogP contribution >= 0.6 is 0 Å². The lowest BCUT2D eigenvalue weighted by Crippen LogP contribution is -2.30. The Bertz CT molecular complexity index is 588. The minimum Gasteiger partial charge on any atom is -0.473 e. The van der Waals surface area contributed by atoms with Crippen LogP contribution in [0.5, 0.6) is 5.88 Å². The Kier molecular flexibility index (Phi) is 7.50. The van der Waals surface area contributed by atoms with Crippen LogP contribution in [0.15, 0.2) is 12.3 Å². The number of rotatable bonds is 8. The van der Waals surface area contributed by atoms with Gasteiger partial charge >= 0.3 is 5.97 Å². The van der Waals surface area contributed by atoms with E-state index in [9.17, 15) is 10.1 Å². The molecule has 0 spiro atoms. The average molecular weight is 333 g/mol. The van der Waals surface area contributed by atoms with Crippen molar-refractivity contribution in [3.63, 3.8) is 0 Å². The third-order valence-electron chi connectivity index (χ3n) is 3.25. The lowest BCUT2D eigenvalue weighted by molar-refractivity contribution is -0.159. The fraction of sp³-hybridized carbons (Fsp3) is 0.611. The van der Waals surface area contributed by atoms with Crippen LogP contribution in [-0.4, -0.2) is 30.2 Å². The number of unbranched alkanes of at least 4 members (excludes halogenated alkanes) is 1. The zero-order valence-electron chi connectivity index (χ0n) is 15.2. The molecule has 1 unspecified atom stereocenters. The van der Waals surface area contributed by atoms with Crippen molar-refractivity contribution in [1.82, 2.24) is 4.98 Å². The van der Waals surface area contributed by atoms with Crippen LogP contribution in [0, 0.1) is 16.7 Å². The lowest BCUT2D eigenvalue weighted by atomic mass is 9.97. The molecule has 0 saturated carbocycles. The number of nitriles is 1. The van der Waals surface area contributed by atoms with Crippen molar-refractivity contribution in [2.24, 2.45) is 5.41 Å². The summed E-state index contributed by atoms with van der Waals surface area (Å²) in [5, 5.41) is 12.6. The fourth-order valence-electron chi connectivity index (χ4n) is 1.80. The molecular formula is C18H27N3O3. The molecule has 132 valence electrons. The Morgan fingerprint density at radius 3 is 2.75 bits per heavy atom. The number of pyridine rings is 1. The average Bonchev–Trinajstić information content (AvgIpc) is 2.52. The number of hydrogen-bond acceptors (Lipinski definition) is 6. The normalized spacial score (nSPS) is 12.2. The van der Waals surface area contributed by atoms with Crippen LogP contribution < -0.4 is 10.1 Å². The molecule has 0 aliphatic rings. The summed E-state index contributed by atoms with van der Waals surface area (Å²) < 4.78 is 10.9. The molecule has 1 atom stereocenters. The zero-order valence-corrected chi connectivity index (χ0v) is 15.2. The van der Waals surface area contributed by atoms with E-state index in [1.807, 2.05) is 0 Å². The van der Waals surface area contributed by atoms with E-state index in [-0.39, 0.29) is 18.5 Å². The minimum atomic E-state index is -0.562. The molecule has 24 heavy (non-hydrogen) atoms. The summed E-state index contributed by atoms with van der Waals surface area (Å²) in [6.45, 7) is 10.2. The summed E-state index contributed by atoms with van der Waals surface area (Å²) in [4.78, 5) is 16.0. The van der Waals surface area contributed by atoms with E-state index < -0.39 is 11.5 Å². The van der Waals surface area contributed by atoms with E-state index in [4.69, 9.17) is 9.47 Å². The topological polar surface area (TPSA) is 84.2 Å². The predicted octanol–water partition coefficient (Wildman–Crippen LogP) is 3.52. The Labute approximate surface area is 144 Å². The largest absolute Gasteiger partial charge is 0.473 e. The molecule has 1 N–H and O–H groups in total. The second-order valence-electron chi connectivity index (χ2n) is 6.71. The van der Waals surface area contributed by atoms with E-state index in [0.29, 0.717) is 11.3 Å². The number of carbonyl (C=O) groups excluding carboxylic acids is 1. The minimum absolute atomic E-state index is 0.141. The molecule has 0 aromatic carbocycles. The van der Waals surface area contributed by atoms with Crippen LogP contribution in [0.2, 0.25) is 0 Å². The Hall–Kier alpha value is -2.29. The fourth-order valence-corrected chi connectivity index (χ4v) is 1.80. The van der Waals surface area contributed by atoms with E-state index in [2.05, 4.69) is 23.3 Å². The summed E-state index contributed by atoms with van der Waals surface area (Å²) in [7, 11) is 0. The number of ether oxygens (including phenoxy) is 2. The number of carbonyl (C=O) groups is 1. The summed E-state index contributed by atoms with van der Waals surface area (Å²) in [6, 6.07) is 3.88. The van der Waals surface area contributed by atoms with Gasteiger partial charge in [0.15, 0.2) is 0 Å². The summed E-state index contributed by atoms with van der Waals surface area (Å²) in [6.07, 6.45) is 3.25. The van der Waals surface area contributed by atoms with E-state index in [0.717, 1.165) is 19.4 Å². The van der Waals surface area contributed by atoms with Gasteiger partial charge in [-0.3, -0.25) is 4.79 Å². The molecule has 6 heteroatoms. The van der Waals surface area contributed by atoms with E-state index in [1.54, 1.807) is 40.0 Å². The number of hydrogen-bond donors (Lipinski definition) is 1. The van der Waals surface area contributed by atoms with Crippen molar-refractivity contribution in [3.8, 4) is 11.9 Å². The number of nitrogens with one attached hydrogen (secondary N) is 1. The molecule has 0 radical (unpaired) electrons. The highest BCUT2D eigenvalue weighted by molar-refractivity contribution is 5.75. The second kappa shape index (κ2) is 9.11. The van der Waals surface area contributed by atoms with Crippen LogP contribution in [0.4, 0.5) is 5.69 Å². The van der Waals surface area contributed by atoms with Gasteiger partial charge in [0, 0.05) is 12.7 Å². The Balaban J connectivity index is 2.69. The molecule has 1 aromatic heterocycles. The Morgan fingerprint density at radius 2 is 2.17 bits per heavy atom. The highest BCUT2D eigenvalue weighted by Gasteiger charge is 2.25. The molecule has 0 aliphatic heterocycles. The highest BCUT2D eigenvalue weighted by atomic mass is 16.6. The smallest absolute Gasteiger partial charge is 0.311 e. The monoisotopic (exact) mass is 333 g/mol. The molecule has 1 heterocycles. The quantitative estimate of drug-likeness (QED) is 0.579. The maximum atomic E-state index is 11.9. The molecule has 0 amide bonds. The molecule has 0 saturated heterocycles. The van der Waals surface area contributed by atoms with Gasteiger partial charge < -0.3 is 14.8 Å². The molecule has 6 nitrogen and oxygen atoms in total. The van der Waals surface area contributed by atoms with E-state index >= 15 is 0 Å². The zero-order chi connectivity index (χ0) is 18.2. The van der Waals surface area contributed by atoms with Gasteiger partial charge in [-0.15, -0.1) is 0 Å². The van der Waals surface area contributed by atoms with Gasteiger partial charge in [-0.05, 0) is 40.2 Å². The third-order valence-corrected chi connectivity index (χ3v) is 3.25. The van der Waals surface area contributed by atoms with Crippen molar-refractivity contribution >= 4 is 11.7 Å². The van der Waals surface area contributed by atoms with Gasteiger partial charge in [0.05, 0.1) is 11.1 Å². The van der Waals surface area contributed by atoms with Crippen LogP contribution in [0.3, 0.4) is 0 Å². The number of aromatic nitrogens is 1. The summed E-state index contributed by atoms with van der Waals surface area (Å²) >= 11 is 0. The number of esters is 1. The summed E-state index contributed by atoms with van der Waals surface area (Å²) in [5.41, 5.74) is 0.506. The van der Waals surface area contributed by atoms with E-state index in [1.165, 1.54) is 0 Å². The maximum Gasteiger partial charge on any atom is 0.311 e. The van der Waals surface area contributed by atoms with Gasteiger partial charge in [0.25, 0.3) is 0 Å². The molecule has 1 rings (SSSR count). The number of nitrogens with zero attached hydrogens (tertiary/aromatic N) is 2. The first kappa shape index (κ1) is 19.8. The molecule has 0 fully saturated rings. The van der Waals surface area contributed by atoms with Crippen LogP contribution in [0.25, 0.3) is 0 Å². The van der Waals surface area contributed by atoms with Crippen molar-refractivity contribution in [2.45, 2.75) is 53.6 Å².